The zero-order valence-corrected chi connectivity index (χ0v) is 11.9. The number of rotatable bonds is 5. The van der Waals surface area contributed by atoms with Crippen LogP contribution < -0.4 is 0 Å². The molecule has 4 heteroatoms. The standard InChI is InChI=1S/C15H21NO3/c1-11(12-8-6-5-7-9-12)16(4)13(17)10-15(2,3)14(18)19/h5-9,11H,10H2,1-4H3,(H,18,19). The predicted molar refractivity (Wildman–Crippen MR) is 73.7 cm³/mol. The predicted octanol–water partition coefficient (Wildman–Crippen LogP) is 2.71. The first kappa shape index (κ1) is 15.2. The van der Waals surface area contributed by atoms with Crippen LogP contribution in [0.15, 0.2) is 30.3 Å². The average molecular weight is 263 g/mol. The fourth-order valence-corrected chi connectivity index (χ4v) is 1.75. The summed E-state index contributed by atoms with van der Waals surface area (Å²) < 4.78 is 0. The van der Waals surface area contributed by atoms with Crippen LogP contribution in [0, 0.1) is 5.41 Å². The third-order valence-corrected chi connectivity index (χ3v) is 3.43. The number of carbonyl (C=O) groups excluding carboxylic acids is 1. The summed E-state index contributed by atoms with van der Waals surface area (Å²) in [5.74, 6) is -1.12. The summed E-state index contributed by atoms with van der Waals surface area (Å²) in [4.78, 5) is 24.8. The molecule has 0 spiro atoms. The highest BCUT2D eigenvalue weighted by Gasteiger charge is 2.32. The van der Waals surface area contributed by atoms with Gasteiger partial charge in [0.05, 0.1) is 11.5 Å². The van der Waals surface area contributed by atoms with Gasteiger partial charge < -0.3 is 10.0 Å². The number of amides is 1. The Balaban J connectivity index is 2.75. The largest absolute Gasteiger partial charge is 0.481 e. The third-order valence-electron chi connectivity index (χ3n) is 3.43. The van der Waals surface area contributed by atoms with Crippen molar-refractivity contribution in [2.24, 2.45) is 5.41 Å². The zero-order chi connectivity index (χ0) is 14.6. The molecule has 0 saturated heterocycles. The molecule has 1 amide bonds. The zero-order valence-electron chi connectivity index (χ0n) is 11.9. The third kappa shape index (κ3) is 3.81. The smallest absolute Gasteiger partial charge is 0.309 e. The van der Waals surface area contributed by atoms with Crippen LogP contribution in [0.25, 0.3) is 0 Å². The first-order valence-electron chi connectivity index (χ1n) is 6.29. The lowest BCUT2D eigenvalue weighted by atomic mass is 9.88. The first-order chi connectivity index (χ1) is 8.75. The summed E-state index contributed by atoms with van der Waals surface area (Å²) in [5.41, 5.74) is -0.00615. The molecule has 0 fully saturated rings. The molecule has 0 heterocycles. The molecule has 19 heavy (non-hydrogen) atoms. The molecule has 1 rings (SSSR count). The van der Waals surface area contributed by atoms with Crippen molar-refractivity contribution in [1.29, 1.82) is 0 Å². The van der Waals surface area contributed by atoms with Crippen molar-refractivity contribution in [2.45, 2.75) is 33.2 Å². The van der Waals surface area contributed by atoms with Gasteiger partial charge in [0.15, 0.2) is 0 Å². The van der Waals surface area contributed by atoms with E-state index < -0.39 is 11.4 Å². The van der Waals surface area contributed by atoms with E-state index in [0.29, 0.717) is 0 Å². The van der Waals surface area contributed by atoms with Gasteiger partial charge in [-0.15, -0.1) is 0 Å². The fraction of sp³-hybridized carbons (Fsp3) is 0.467. The van der Waals surface area contributed by atoms with Gasteiger partial charge in [0.2, 0.25) is 5.91 Å². The number of aliphatic carboxylic acids is 1. The van der Waals surface area contributed by atoms with Crippen molar-refractivity contribution in [3.8, 4) is 0 Å². The van der Waals surface area contributed by atoms with Crippen LogP contribution in [0.1, 0.15) is 38.8 Å². The molecule has 104 valence electrons. The maximum absolute atomic E-state index is 12.1. The molecule has 1 N–H and O–H groups in total. The summed E-state index contributed by atoms with van der Waals surface area (Å²) >= 11 is 0. The lowest BCUT2D eigenvalue weighted by Gasteiger charge is -2.28. The van der Waals surface area contributed by atoms with Crippen LogP contribution in [0.4, 0.5) is 0 Å². The van der Waals surface area contributed by atoms with E-state index in [-0.39, 0.29) is 18.4 Å². The number of carbonyl (C=O) groups is 2. The summed E-state index contributed by atoms with van der Waals surface area (Å²) in [5, 5.41) is 9.06. The van der Waals surface area contributed by atoms with Crippen LogP contribution in [0.2, 0.25) is 0 Å². The molecule has 1 aromatic carbocycles. The van der Waals surface area contributed by atoms with Gasteiger partial charge in [-0.2, -0.15) is 0 Å². The molecule has 0 aromatic heterocycles. The monoisotopic (exact) mass is 263 g/mol. The second-order valence-corrected chi connectivity index (χ2v) is 5.46. The highest BCUT2D eigenvalue weighted by molar-refractivity contribution is 5.84. The molecule has 0 aliphatic carbocycles. The molecule has 0 saturated carbocycles. The highest BCUT2D eigenvalue weighted by Crippen LogP contribution is 2.25. The second kappa shape index (κ2) is 5.87. The van der Waals surface area contributed by atoms with Crippen LogP contribution in [-0.4, -0.2) is 28.9 Å². The number of carboxylic acid groups (broad SMARTS) is 1. The maximum atomic E-state index is 12.1. The summed E-state index contributed by atoms with van der Waals surface area (Å²) in [6.45, 7) is 5.06. The Labute approximate surface area is 114 Å². The summed E-state index contributed by atoms with van der Waals surface area (Å²) in [6.07, 6.45) is -0.00396. The summed E-state index contributed by atoms with van der Waals surface area (Å²) in [7, 11) is 1.71. The first-order valence-corrected chi connectivity index (χ1v) is 6.29. The van der Waals surface area contributed by atoms with Gasteiger partial charge in [-0.05, 0) is 26.3 Å². The molecular formula is C15H21NO3. The lowest BCUT2D eigenvalue weighted by molar-refractivity contribution is -0.151. The SMILES string of the molecule is CC(c1ccccc1)N(C)C(=O)CC(C)(C)C(=O)O. The summed E-state index contributed by atoms with van der Waals surface area (Å²) in [6, 6.07) is 9.61. The number of nitrogens with zero attached hydrogens (tertiary/aromatic N) is 1. The minimum absolute atomic E-state index is 0.00396. The van der Waals surface area contributed by atoms with E-state index in [1.807, 2.05) is 37.3 Å². The Hall–Kier alpha value is -1.84. The minimum atomic E-state index is -1.04. The Morgan fingerprint density at radius 2 is 1.79 bits per heavy atom. The van der Waals surface area contributed by atoms with Gasteiger partial charge >= 0.3 is 5.97 Å². The van der Waals surface area contributed by atoms with Crippen molar-refractivity contribution < 1.29 is 14.7 Å². The Bertz CT molecular complexity index is 454. The van der Waals surface area contributed by atoms with Crippen LogP contribution in [-0.2, 0) is 9.59 Å². The van der Waals surface area contributed by atoms with Gasteiger partial charge in [-0.3, -0.25) is 9.59 Å². The maximum Gasteiger partial charge on any atom is 0.309 e. The lowest BCUT2D eigenvalue weighted by Crippen LogP contribution is -2.36. The molecule has 1 aromatic rings. The topological polar surface area (TPSA) is 57.6 Å². The molecule has 0 radical (unpaired) electrons. The van der Waals surface area contributed by atoms with Gasteiger partial charge in [0, 0.05) is 13.5 Å². The van der Waals surface area contributed by atoms with E-state index >= 15 is 0 Å². The molecular weight excluding hydrogens is 242 g/mol. The van der Waals surface area contributed by atoms with Gasteiger partial charge in [-0.1, -0.05) is 30.3 Å². The van der Waals surface area contributed by atoms with Crippen molar-refractivity contribution in [2.75, 3.05) is 7.05 Å². The number of hydrogen-bond acceptors (Lipinski definition) is 2. The fourth-order valence-electron chi connectivity index (χ4n) is 1.75. The average Bonchev–Trinajstić information content (AvgIpc) is 2.37. The number of carboxylic acids is 1. The Morgan fingerprint density at radius 3 is 2.26 bits per heavy atom. The number of hydrogen-bond donors (Lipinski definition) is 1. The quantitative estimate of drug-likeness (QED) is 0.888. The van der Waals surface area contributed by atoms with Crippen molar-refractivity contribution in [3.05, 3.63) is 35.9 Å². The van der Waals surface area contributed by atoms with Crippen molar-refractivity contribution in [1.82, 2.24) is 4.90 Å². The second-order valence-electron chi connectivity index (χ2n) is 5.46. The van der Waals surface area contributed by atoms with Crippen LogP contribution >= 0.6 is 0 Å². The Morgan fingerprint density at radius 1 is 1.26 bits per heavy atom. The van der Waals surface area contributed by atoms with Crippen LogP contribution in [0.3, 0.4) is 0 Å². The van der Waals surface area contributed by atoms with E-state index in [4.69, 9.17) is 5.11 Å². The molecule has 0 aliphatic heterocycles. The minimum Gasteiger partial charge on any atom is -0.481 e. The highest BCUT2D eigenvalue weighted by atomic mass is 16.4. The van der Waals surface area contributed by atoms with Crippen molar-refractivity contribution >= 4 is 11.9 Å². The Kier molecular flexibility index (Phi) is 4.70. The van der Waals surface area contributed by atoms with E-state index in [2.05, 4.69) is 0 Å². The van der Waals surface area contributed by atoms with Crippen molar-refractivity contribution in [3.63, 3.8) is 0 Å². The molecule has 0 aliphatic rings. The van der Waals surface area contributed by atoms with E-state index in [1.165, 1.54) is 0 Å². The molecule has 1 atom stereocenters. The van der Waals surface area contributed by atoms with Gasteiger partial charge in [-0.25, -0.2) is 0 Å². The molecule has 4 nitrogen and oxygen atoms in total. The van der Waals surface area contributed by atoms with E-state index in [1.54, 1.807) is 25.8 Å². The van der Waals surface area contributed by atoms with Gasteiger partial charge in [0.25, 0.3) is 0 Å². The molecule has 0 bridgehead atoms. The van der Waals surface area contributed by atoms with E-state index in [9.17, 15) is 9.59 Å². The van der Waals surface area contributed by atoms with E-state index in [0.717, 1.165) is 5.56 Å². The number of benzene rings is 1. The molecule has 1 unspecified atom stereocenters. The normalized spacial score (nSPS) is 12.8. The van der Waals surface area contributed by atoms with Gasteiger partial charge in [0.1, 0.15) is 0 Å². The van der Waals surface area contributed by atoms with Crippen LogP contribution in [0.5, 0.6) is 0 Å².